The summed E-state index contributed by atoms with van der Waals surface area (Å²) in [6.07, 6.45) is -1.00. The molecule has 0 spiro atoms. The number of benzene rings is 2. The van der Waals surface area contributed by atoms with E-state index in [0.717, 1.165) is 12.1 Å². The molecule has 0 saturated carbocycles. The maximum absolute atomic E-state index is 13.7. The van der Waals surface area contributed by atoms with Crippen molar-refractivity contribution in [2.24, 2.45) is 0 Å². The molecular weight excluding hydrogens is 405 g/mol. The zero-order valence-electron chi connectivity index (χ0n) is 15.2. The van der Waals surface area contributed by atoms with Gasteiger partial charge in [0.1, 0.15) is 17.3 Å². The summed E-state index contributed by atoms with van der Waals surface area (Å²) >= 11 is 0. The van der Waals surface area contributed by atoms with E-state index in [4.69, 9.17) is 9.47 Å². The molecule has 0 bridgehead atoms. The number of carbonyl (C=O) groups is 2. The second-order valence-electron chi connectivity index (χ2n) is 6.12. The van der Waals surface area contributed by atoms with E-state index >= 15 is 0 Å². The molecule has 1 heterocycles. The van der Waals surface area contributed by atoms with E-state index in [2.05, 4.69) is 10.9 Å². The number of hydrogen-bond donors (Lipinski definition) is 3. The van der Waals surface area contributed by atoms with Crippen LogP contribution in [0.5, 0.6) is 11.5 Å². The van der Waals surface area contributed by atoms with Gasteiger partial charge < -0.3 is 9.47 Å². The van der Waals surface area contributed by atoms with Gasteiger partial charge in [-0.3, -0.25) is 20.4 Å². The van der Waals surface area contributed by atoms with Gasteiger partial charge in [-0.2, -0.15) is 4.72 Å². The highest BCUT2D eigenvalue weighted by Crippen LogP contribution is 2.30. The summed E-state index contributed by atoms with van der Waals surface area (Å²) in [5, 5.41) is 0. The lowest BCUT2D eigenvalue weighted by atomic mass is 10.2. The van der Waals surface area contributed by atoms with Crippen LogP contribution < -0.4 is 25.0 Å². The molecule has 11 heteroatoms. The predicted molar refractivity (Wildman–Crippen MR) is 98.8 cm³/mol. The number of sulfonamides is 1. The number of rotatable bonds is 5. The number of hydrazine groups is 1. The first-order valence-electron chi connectivity index (χ1n) is 8.53. The van der Waals surface area contributed by atoms with Crippen LogP contribution in [0, 0.1) is 5.82 Å². The Hall–Kier alpha value is -3.18. The maximum atomic E-state index is 13.7. The quantitative estimate of drug-likeness (QED) is 0.602. The standard InChI is InChI=1S/C18H18FN3O6S/c1-11(22-29(25,26)16-9-5-2-6-12(16)19)17(23)20-21-18(24)15-10-27-13-7-3-4-8-14(13)28-15/h2-9,11,15,22H,10H2,1H3,(H,20,23)(H,21,24). The number of ether oxygens (including phenoxy) is 2. The van der Waals surface area contributed by atoms with Crippen LogP contribution in [-0.2, 0) is 19.6 Å². The molecule has 2 atom stereocenters. The van der Waals surface area contributed by atoms with Gasteiger partial charge in [-0.1, -0.05) is 24.3 Å². The van der Waals surface area contributed by atoms with Crippen molar-refractivity contribution in [1.29, 1.82) is 0 Å². The Morgan fingerprint density at radius 1 is 1.07 bits per heavy atom. The Bertz CT molecular complexity index is 1030. The van der Waals surface area contributed by atoms with Gasteiger partial charge in [0.05, 0.1) is 6.04 Å². The molecule has 0 fully saturated rings. The Morgan fingerprint density at radius 2 is 1.72 bits per heavy atom. The van der Waals surface area contributed by atoms with E-state index in [0.29, 0.717) is 11.5 Å². The third-order valence-electron chi connectivity index (χ3n) is 3.96. The fourth-order valence-corrected chi connectivity index (χ4v) is 3.76. The van der Waals surface area contributed by atoms with Crippen LogP contribution >= 0.6 is 0 Å². The molecule has 0 saturated heterocycles. The van der Waals surface area contributed by atoms with Crippen molar-refractivity contribution in [1.82, 2.24) is 15.6 Å². The lowest BCUT2D eigenvalue weighted by Gasteiger charge is -2.25. The minimum Gasteiger partial charge on any atom is -0.485 e. The van der Waals surface area contributed by atoms with E-state index in [1.165, 1.54) is 19.1 Å². The Labute approximate surface area is 166 Å². The van der Waals surface area contributed by atoms with E-state index < -0.39 is 44.7 Å². The summed E-state index contributed by atoms with van der Waals surface area (Å²) in [6, 6.07) is 10.3. The Kier molecular flexibility index (Phi) is 5.99. The molecule has 154 valence electrons. The van der Waals surface area contributed by atoms with Gasteiger partial charge >= 0.3 is 0 Å². The Morgan fingerprint density at radius 3 is 2.45 bits per heavy atom. The Balaban J connectivity index is 1.54. The first-order valence-corrected chi connectivity index (χ1v) is 10.0. The molecule has 3 rings (SSSR count). The topological polar surface area (TPSA) is 123 Å². The smallest absolute Gasteiger partial charge is 0.283 e. The normalized spacial score (nSPS) is 16.6. The molecule has 2 unspecified atom stereocenters. The van der Waals surface area contributed by atoms with Gasteiger partial charge in [0.2, 0.25) is 16.1 Å². The number of halogens is 1. The fraction of sp³-hybridized carbons (Fsp3) is 0.222. The van der Waals surface area contributed by atoms with Gasteiger partial charge in [-0.05, 0) is 31.2 Å². The van der Waals surface area contributed by atoms with Crippen LogP contribution in [0.2, 0.25) is 0 Å². The van der Waals surface area contributed by atoms with Crippen molar-refractivity contribution >= 4 is 21.8 Å². The van der Waals surface area contributed by atoms with Crippen LogP contribution in [0.15, 0.2) is 53.4 Å². The number of carbonyl (C=O) groups excluding carboxylic acids is 2. The van der Waals surface area contributed by atoms with Crippen LogP contribution in [-0.4, -0.2) is 39.0 Å². The lowest BCUT2D eigenvalue weighted by Crippen LogP contribution is -2.55. The van der Waals surface area contributed by atoms with E-state index in [1.54, 1.807) is 24.3 Å². The fourth-order valence-electron chi connectivity index (χ4n) is 2.47. The number of para-hydroxylation sites is 2. The molecule has 1 aliphatic rings. The molecule has 0 radical (unpaired) electrons. The molecule has 0 aromatic heterocycles. The highest BCUT2D eigenvalue weighted by Gasteiger charge is 2.29. The number of hydrogen-bond acceptors (Lipinski definition) is 6. The molecule has 9 nitrogen and oxygen atoms in total. The van der Waals surface area contributed by atoms with Gasteiger partial charge in [-0.25, -0.2) is 12.8 Å². The minimum absolute atomic E-state index is 0.0613. The second-order valence-corrected chi connectivity index (χ2v) is 7.80. The zero-order chi connectivity index (χ0) is 21.0. The predicted octanol–water partition coefficient (Wildman–Crippen LogP) is 0.480. The highest BCUT2D eigenvalue weighted by molar-refractivity contribution is 7.89. The van der Waals surface area contributed by atoms with Gasteiger partial charge in [0, 0.05) is 0 Å². The SMILES string of the molecule is CC(NS(=O)(=O)c1ccccc1F)C(=O)NNC(=O)C1COc2ccccc2O1. The molecule has 2 aromatic carbocycles. The number of nitrogens with one attached hydrogen (secondary N) is 3. The van der Waals surface area contributed by atoms with Gasteiger partial charge in [-0.15, -0.1) is 0 Å². The monoisotopic (exact) mass is 423 g/mol. The zero-order valence-corrected chi connectivity index (χ0v) is 16.0. The second kappa shape index (κ2) is 8.45. The van der Waals surface area contributed by atoms with Crippen molar-refractivity contribution in [3.8, 4) is 11.5 Å². The number of amides is 2. The molecular formula is C18H18FN3O6S. The van der Waals surface area contributed by atoms with Gasteiger partial charge in [0.15, 0.2) is 11.5 Å². The van der Waals surface area contributed by atoms with Crippen LogP contribution in [0.3, 0.4) is 0 Å². The highest BCUT2D eigenvalue weighted by atomic mass is 32.2. The molecule has 2 aromatic rings. The van der Waals surface area contributed by atoms with Crippen molar-refractivity contribution in [3.05, 3.63) is 54.3 Å². The summed E-state index contributed by atoms with van der Waals surface area (Å²) in [5.41, 5.74) is 4.25. The summed E-state index contributed by atoms with van der Waals surface area (Å²) in [5.74, 6) is -1.60. The summed E-state index contributed by atoms with van der Waals surface area (Å²) in [6.45, 7) is 1.19. The van der Waals surface area contributed by atoms with Crippen molar-refractivity contribution in [3.63, 3.8) is 0 Å². The average molecular weight is 423 g/mol. The van der Waals surface area contributed by atoms with Crippen molar-refractivity contribution in [2.75, 3.05) is 6.61 Å². The maximum Gasteiger partial charge on any atom is 0.283 e. The van der Waals surface area contributed by atoms with E-state index in [9.17, 15) is 22.4 Å². The summed E-state index contributed by atoms with van der Waals surface area (Å²) in [4.78, 5) is 23.7. The minimum atomic E-state index is -4.27. The lowest BCUT2D eigenvalue weighted by molar-refractivity contribution is -0.135. The molecule has 2 amide bonds. The number of fused-ring (bicyclic) bond motifs is 1. The molecule has 3 N–H and O–H groups in total. The molecule has 0 aliphatic carbocycles. The van der Waals surface area contributed by atoms with Crippen molar-refractivity contribution in [2.45, 2.75) is 24.0 Å². The van der Waals surface area contributed by atoms with E-state index in [1.807, 2.05) is 4.72 Å². The largest absolute Gasteiger partial charge is 0.485 e. The molecule has 29 heavy (non-hydrogen) atoms. The third kappa shape index (κ3) is 4.81. The van der Waals surface area contributed by atoms with Crippen LogP contribution in [0.25, 0.3) is 0 Å². The first kappa shape index (κ1) is 20.6. The average Bonchev–Trinajstić information content (AvgIpc) is 2.71. The third-order valence-corrected chi connectivity index (χ3v) is 5.54. The van der Waals surface area contributed by atoms with Crippen LogP contribution in [0.1, 0.15) is 6.92 Å². The van der Waals surface area contributed by atoms with Gasteiger partial charge in [0.25, 0.3) is 11.8 Å². The van der Waals surface area contributed by atoms with E-state index in [-0.39, 0.29) is 6.61 Å². The summed E-state index contributed by atoms with van der Waals surface area (Å²) < 4.78 is 51.1. The first-order chi connectivity index (χ1) is 13.8. The molecule has 1 aliphatic heterocycles. The van der Waals surface area contributed by atoms with Crippen molar-refractivity contribution < 1.29 is 31.9 Å². The van der Waals surface area contributed by atoms with Crippen LogP contribution in [0.4, 0.5) is 4.39 Å². The summed E-state index contributed by atoms with van der Waals surface area (Å²) in [7, 11) is -4.27.